The number of aromatic nitrogens is 2. The first-order valence-electron chi connectivity index (χ1n) is 5.96. The number of carboxylic acids is 1. The first kappa shape index (κ1) is 12.1. The number of carbonyl (C=O) groups is 1. The third kappa shape index (κ3) is 1.95. The van der Waals surface area contributed by atoms with E-state index < -0.39 is 11.4 Å². The predicted molar refractivity (Wildman–Crippen MR) is 63.7 cm³/mol. The standard InChI is InChI=1S/C12H19N3O2/c1-8-7-10(14-15(8)2)12(11(16)17)5-3-9(13)4-6-12/h7,9H,3-6,13H2,1-2H3,(H,16,17). The van der Waals surface area contributed by atoms with Crippen molar-refractivity contribution in [1.82, 2.24) is 9.78 Å². The number of rotatable bonds is 2. The molecule has 2 rings (SSSR count). The molecule has 0 amide bonds. The number of carboxylic acid groups (broad SMARTS) is 1. The molecular weight excluding hydrogens is 218 g/mol. The van der Waals surface area contributed by atoms with E-state index >= 15 is 0 Å². The van der Waals surface area contributed by atoms with Crippen LogP contribution in [0.15, 0.2) is 6.07 Å². The van der Waals surface area contributed by atoms with Gasteiger partial charge in [0.25, 0.3) is 0 Å². The van der Waals surface area contributed by atoms with E-state index in [1.165, 1.54) is 0 Å². The lowest BCUT2D eigenvalue weighted by Crippen LogP contribution is -2.43. The third-order valence-corrected chi connectivity index (χ3v) is 3.90. The summed E-state index contributed by atoms with van der Waals surface area (Å²) in [4.78, 5) is 11.6. The number of aryl methyl sites for hydroxylation is 2. The van der Waals surface area contributed by atoms with Crippen molar-refractivity contribution in [2.45, 2.75) is 44.1 Å². The van der Waals surface area contributed by atoms with Gasteiger partial charge in [0.2, 0.25) is 0 Å². The molecule has 0 aromatic carbocycles. The van der Waals surface area contributed by atoms with Crippen LogP contribution in [0.25, 0.3) is 0 Å². The largest absolute Gasteiger partial charge is 0.481 e. The van der Waals surface area contributed by atoms with Gasteiger partial charge in [-0.05, 0) is 38.7 Å². The summed E-state index contributed by atoms with van der Waals surface area (Å²) < 4.78 is 1.73. The molecule has 5 nitrogen and oxygen atoms in total. The normalized spacial score (nSPS) is 29.2. The summed E-state index contributed by atoms with van der Waals surface area (Å²) >= 11 is 0. The number of nitrogens with zero attached hydrogens (tertiary/aromatic N) is 2. The highest BCUT2D eigenvalue weighted by atomic mass is 16.4. The minimum atomic E-state index is -0.831. The molecule has 1 fully saturated rings. The zero-order valence-electron chi connectivity index (χ0n) is 10.3. The van der Waals surface area contributed by atoms with Crippen molar-refractivity contribution >= 4 is 5.97 Å². The summed E-state index contributed by atoms with van der Waals surface area (Å²) in [5.74, 6) is -0.775. The fraction of sp³-hybridized carbons (Fsp3) is 0.667. The lowest BCUT2D eigenvalue weighted by molar-refractivity contribution is -0.145. The molecule has 1 aromatic heterocycles. The first-order chi connectivity index (χ1) is 7.95. The van der Waals surface area contributed by atoms with Crippen LogP contribution in [0.3, 0.4) is 0 Å². The summed E-state index contributed by atoms with van der Waals surface area (Å²) in [7, 11) is 1.84. The van der Waals surface area contributed by atoms with Gasteiger partial charge in [-0.2, -0.15) is 5.10 Å². The number of aliphatic carboxylic acids is 1. The second-order valence-corrected chi connectivity index (χ2v) is 5.02. The second kappa shape index (κ2) is 4.14. The maximum atomic E-state index is 11.6. The van der Waals surface area contributed by atoms with Crippen molar-refractivity contribution in [3.8, 4) is 0 Å². The smallest absolute Gasteiger partial charge is 0.315 e. The molecule has 1 aliphatic rings. The van der Waals surface area contributed by atoms with Gasteiger partial charge in [-0.15, -0.1) is 0 Å². The Morgan fingerprint density at radius 3 is 2.59 bits per heavy atom. The summed E-state index contributed by atoms with van der Waals surface area (Å²) in [6, 6.07) is 2.01. The number of hydrogen-bond acceptors (Lipinski definition) is 3. The Bertz CT molecular complexity index is 411. The van der Waals surface area contributed by atoms with Crippen molar-refractivity contribution in [3.05, 3.63) is 17.5 Å². The molecule has 1 aromatic rings. The molecule has 17 heavy (non-hydrogen) atoms. The van der Waals surface area contributed by atoms with Crippen molar-refractivity contribution in [2.75, 3.05) is 0 Å². The highest BCUT2D eigenvalue weighted by molar-refractivity contribution is 5.81. The summed E-state index contributed by atoms with van der Waals surface area (Å²) in [6.45, 7) is 1.93. The van der Waals surface area contributed by atoms with Gasteiger partial charge in [0.05, 0.1) is 5.69 Å². The van der Waals surface area contributed by atoms with E-state index in [1.54, 1.807) is 4.68 Å². The van der Waals surface area contributed by atoms with Crippen molar-refractivity contribution in [2.24, 2.45) is 12.8 Å². The Balaban J connectivity index is 2.38. The molecule has 0 spiro atoms. The molecule has 1 aliphatic carbocycles. The number of nitrogens with two attached hydrogens (primary N) is 1. The van der Waals surface area contributed by atoms with Crippen LogP contribution in [0.1, 0.15) is 37.1 Å². The average molecular weight is 237 g/mol. The first-order valence-corrected chi connectivity index (χ1v) is 5.96. The summed E-state index contributed by atoms with van der Waals surface area (Å²) in [5.41, 5.74) is 6.68. The Morgan fingerprint density at radius 1 is 1.59 bits per heavy atom. The Kier molecular flexibility index (Phi) is 2.95. The zero-order chi connectivity index (χ0) is 12.6. The molecule has 1 heterocycles. The molecule has 0 bridgehead atoms. The van der Waals surface area contributed by atoms with Crippen LogP contribution in [0, 0.1) is 6.92 Å². The van der Waals surface area contributed by atoms with Gasteiger partial charge >= 0.3 is 5.97 Å². The Morgan fingerprint density at radius 2 is 2.18 bits per heavy atom. The minimum absolute atomic E-state index is 0.132. The molecule has 0 saturated heterocycles. The van der Waals surface area contributed by atoms with Crippen LogP contribution in [-0.2, 0) is 17.3 Å². The van der Waals surface area contributed by atoms with Crippen molar-refractivity contribution < 1.29 is 9.90 Å². The Hall–Kier alpha value is -1.36. The Labute approximate surface area is 101 Å². The molecule has 0 aliphatic heterocycles. The second-order valence-electron chi connectivity index (χ2n) is 5.02. The molecular formula is C12H19N3O2. The molecule has 0 unspecified atom stereocenters. The fourth-order valence-electron chi connectivity index (χ4n) is 2.51. The van der Waals surface area contributed by atoms with Gasteiger partial charge in [0.15, 0.2) is 0 Å². The average Bonchev–Trinajstić information content (AvgIpc) is 2.60. The fourth-order valence-corrected chi connectivity index (χ4v) is 2.51. The lowest BCUT2D eigenvalue weighted by atomic mass is 9.70. The highest BCUT2D eigenvalue weighted by Crippen LogP contribution is 2.38. The molecule has 1 saturated carbocycles. The minimum Gasteiger partial charge on any atom is -0.481 e. The van der Waals surface area contributed by atoms with E-state index in [4.69, 9.17) is 5.73 Å². The van der Waals surface area contributed by atoms with Crippen LogP contribution in [-0.4, -0.2) is 26.9 Å². The van der Waals surface area contributed by atoms with E-state index in [0.29, 0.717) is 18.5 Å². The maximum absolute atomic E-state index is 11.6. The third-order valence-electron chi connectivity index (χ3n) is 3.90. The van der Waals surface area contributed by atoms with Gasteiger partial charge in [-0.3, -0.25) is 9.48 Å². The molecule has 3 N–H and O–H groups in total. The van der Waals surface area contributed by atoms with E-state index in [9.17, 15) is 9.90 Å². The predicted octanol–water partition coefficient (Wildman–Crippen LogP) is 0.952. The number of hydrogen-bond donors (Lipinski definition) is 2. The van der Waals surface area contributed by atoms with Gasteiger partial charge in [0.1, 0.15) is 5.41 Å². The van der Waals surface area contributed by atoms with Crippen LogP contribution in [0.2, 0.25) is 0 Å². The molecule has 5 heteroatoms. The van der Waals surface area contributed by atoms with Crippen LogP contribution < -0.4 is 5.73 Å². The van der Waals surface area contributed by atoms with Crippen LogP contribution in [0.5, 0.6) is 0 Å². The van der Waals surface area contributed by atoms with E-state index in [2.05, 4.69) is 5.10 Å². The van der Waals surface area contributed by atoms with Crippen LogP contribution >= 0.6 is 0 Å². The molecule has 0 atom stereocenters. The van der Waals surface area contributed by atoms with Gasteiger partial charge in [-0.25, -0.2) is 0 Å². The van der Waals surface area contributed by atoms with Crippen LogP contribution in [0.4, 0.5) is 0 Å². The highest BCUT2D eigenvalue weighted by Gasteiger charge is 2.44. The van der Waals surface area contributed by atoms with Crippen molar-refractivity contribution in [3.63, 3.8) is 0 Å². The molecule has 94 valence electrons. The topological polar surface area (TPSA) is 81.1 Å². The maximum Gasteiger partial charge on any atom is 0.315 e. The summed E-state index contributed by atoms with van der Waals surface area (Å²) in [5, 5.41) is 13.9. The quantitative estimate of drug-likeness (QED) is 0.802. The van der Waals surface area contributed by atoms with Gasteiger partial charge in [0, 0.05) is 18.8 Å². The van der Waals surface area contributed by atoms with E-state index in [0.717, 1.165) is 18.5 Å². The molecule has 0 radical (unpaired) electrons. The monoisotopic (exact) mass is 237 g/mol. The van der Waals surface area contributed by atoms with Crippen molar-refractivity contribution in [1.29, 1.82) is 0 Å². The van der Waals surface area contributed by atoms with E-state index in [1.807, 2.05) is 20.0 Å². The summed E-state index contributed by atoms with van der Waals surface area (Å²) in [6.07, 6.45) is 2.67. The van der Waals surface area contributed by atoms with Gasteiger partial charge < -0.3 is 10.8 Å². The van der Waals surface area contributed by atoms with E-state index in [-0.39, 0.29) is 6.04 Å². The zero-order valence-corrected chi connectivity index (χ0v) is 10.3. The van der Waals surface area contributed by atoms with Gasteiger partial charge in [-0.1, -0.05) is 0 Å². The lowest BCUT2D eigenvalue weighted by Gasteiger charge is -2.34. The SMILES string of the molecule is Cc1cc(C2(C(=O)O)CCC(N)CC2)nn1C.